The molecule has 6 heteroatoms. The lowest BCUT2D eigenvalue weighted by Gasteiger charge is -2.12. The van der Waals surface area contributed by atoms with Crippen molar-refractivity contribution in [3.05, 3.63) is 58.4 Å². The maximum absolute atomic E-state index is 13.3. The van der Waals surface area contributed by atoms with Gasteiger partial charge in [0.1, 0.15) is 11.9 Å². The number of aromatic nitrogens is 1. The molecule has 2 aromatic carbocycles. The van der Waals surface area contributed by atoms with E-state index in [1.54, 1.807) is 24.3 Å². The highest BCUT2D eigenvalue weighted by Crippen LogP contribution is 2.32. The van der Waals surface area contributed by atoms with Gasteiger partial charge in [-0.1, -0.05) is 12.1 Å². The van der Waals surface area contributed by atoms with Gasteiger partial charge in [-0.2, -0.15) is 5.26 Å². The Morgan fingerprint density at radius 1 is 1.27 bits per heavy atom. The molecule has 3 N–H and O–H groups in total. The minimum absolute atomic E-state index is 0.342. The Morgan fingerprint density at radius 2 is 2.09 bits per heavy atom. The molecule has 22 heavy (non-hydrogen) atoms. The number of para-hydroxylation sites is 1. The van der Waals surface area contributed by atoms with Crippen LogP contribution >= 0.6 is 15.9 Å². The van der Waals surface area contributed by atoms with E-state index in [1.807, 2.05) is 6.07 Å². The van der Waals surface area contributed by atoms with Gasteiger partial charge in [0.05, 0.1) is 26.9 Å². The predicted molar refractivity (Wildman–Crippen MR) is 88.3 cm³/mol. The number of nitrogens with one attached hydrogen (secondary N) is 1. The lowest BCUT2D eigenvalue weighted by Crippen LogP contribution is -1.99. The molecule has 108 valence electrons. The van der Waals surface area contributed by atoms with E-state index in [2.05, 4.69) is 32.3 Å². The number of nitriles is 1. The molecular weight excluding hydrogens is 347 g/mol. The Labute approximate surface area is 134 Å². The quantitative estimate of drug-likeness (QED) is 0.670. The Morgan fingerprint density at radius 3 is 2.82 bits per heavy atom. The number of benzene rings is 2. The standard InChI is InChI=1S/C16H10BrFN4/c17-12-6-10(4-5-13(12)18)22-15-9(7-19)8-21-16-11(15)2-1-3-14(16)20/h1-6,8H,20H2,(H,21,22). The maximum Gasteiger partial charge on any atom is 0.137 e. The summed E-state index contributed by atoms with van der Waals surface area (Å²) in [6.45, 7) is 0. The number of rotatable bonds is 2. The van der Waals surface area contributed by atoms with Gasteiger partial charge in [-0.15, -0.1) is 0 Å². The first kappa shape index (κ1) is 14.3. The molecule has 3 rings (SSSR count). The number of anilines is 3. The molecule has 0 bridgehead atoms. The summed E-state index contributed by atoms with van der Waals surface area (Å²) in [5.41, 5.74) is 8.71. The number of pyridine rings is 1. The second-order valence-corrected chi connectivity index (χ2v) is 5.51. The van der Waals surface area contributed by atoms with Gasteiger partial charge in [0.2, 0.25) is 0 Å². The van der Waals surface area contributed by atoms with Gasteiger partial charge in [-0.05, 0) is 40.2 Å². The van der Waals surface area contributed by atoms with Crippen LogP contribution in [0.25, 0.3) is 10.9 Å². The number of hydrogen-bond donors (Lipinski definition) is 2. The van der Waals surface area contributed by atoms with Crippen LogP contribution in [0.15, 0.2) is 47.1 Å². The molecule has 0 atom stereocenters. The number of nitrogen functional groups attached to an aromatic ring is 1. The summed E-state index contributed by atoms with van der Waals surface area (Å²) >= 11 is 3.14. The van der Waals surface area contributed by atoms with Crippen molar-refractivity contribution in [1.29, 1.82) is 5.26 Å². The van der Waals surface area contributed by atoms with E-state index >= 15 is 0 Å². The largest absolute Gasteiger partial charge is 0.397 e. The third kappa shape index (κ3) is 2.47. The molecule has 1 aromatic heterocycles. The first-order chi connectivity index (χ1) is 10.6. The number of nitrogens with zero attached hydrogens (tertiary/aromatic N) is 2. The zero-order valence-corrected chi connectivity index (χ0v) is 12.9. The van der Waals surface area contributed by atoms with Crippen molar-refractivity contribution in [1.82, 2.24) is 4.98 Å². The Bertz CT molecular complexity index is 918. The van der Waals surface area contributed by atoms with Crippen LogP contribution in [0.2, 0.25) is 0 Å². The summed E-state index contributed by atoms with van der Waals surface area (Å²) in [7, 11) is 0. The predicted octanol–water partition coefficient (Wildman–Crippen LogP) is 4.33. The van der Waals surface area contributed by atoms with Crippen molar-refractivity contribution >= 4 is 43.9 Å². The lowest BCUT2D eigenvalue weighted by molar-refractivity contribution is 0.621. The lowest BCUT2D eigenvalue weighted by atomic mass is 10.1. The highest BCUT2D eigenvalue weighted by atomic mass is 79.9. The number of halogens is 2. The summed E-state index contributed by atoms with van der Waals surface area (Å²) < 4.78 is 13.7. The second-order valence-electron chi connectivity index (χ2n) is 4.66. The molecule has 0 amide bonds. The zero-order valence-electron chi connectivity index (χ0n) is 11.3. The van der Waals surface area contributed by atoms with E-state index in [1.165, 1.54) is 12.3 Å². The molecule has 0 aliphatic carbocycles. The van der Waals surface area contributed by atoms with Gasteiger partial charge in [-0.25, -0.2) is 4.39 Å². The van der Waals surface area contributed by atoms with Crippen molar-refractivity contribution in [3.8, 4) is 6.07 Å². The summed E-state index contributed by atoms with van der Waals surface area (Å²) in [5, 5.41) is 13.2. The van der Waals surface area contributed by atoms with E-state index in [-0.39, 0.29) is 5.82 Å². The highest BCUT2D eigenvalue weighted by Gasteiger charge is 2.11. The maximum atomic E-state index is 13.3. The first-order valence-corrected chi connectivity index (χ1v) is 7.19. The van der Waals surface area contributed by atoms with Crippen LogP contribution in [0.3, 0.4) is 0 Å². The number of hydrogen-bond acceptors (Lipinski definition) is 4. The van der Waals surface area contributed by atoms with Crippen LogP contribution in [-0.2, 0) is 0 Å². The number of nitrogens with two attached hydrogens (primary N) is 1. The average Bonchev–Trinajstić information content (AvgIpc) is 2.52. The molecule has 0 aliphatic heterocycles. The van der Waals surface area contributed by atoms with Crippen LogP contribution in [0.4, 0.5) is 21.5 Å². The molecule has 0 spiro atoms. The van der Waals surface area contributed by atoms with E-state index in [4.69, 9.17) is 5.73 Å². The van der Waals surface area contributed by atoms with Crippen molar-refractivity contribution < 1.29 is 4.39 Å². The van der Waals surface area contributed by atoms with Crippen LogP contribution in [0.1, 0.15) is 5.56 Å². The fraction of sp³-hybridized carbons (Fsp3) is 0. The smallest absolute Gasteiger partial charge is 0.137 e. The molecule has 0 fully saturated rings. The molecule has 0 unspecified atom stereocenters. The zero-order chi connectivity index (χ0) is 15.7. The second kappa shape index (κ2) is 5.62. The van der Waals surface area contributed by atoms with Gasteiger partial charge < -0.3 is 11.1 Å². The van der Waals surface area contributed by atoms with E-state index in [9.17, 15) is 9.65 Å². The molecule has 0 saturated heterocycles. The third-order valence-electron chi connectivity index (χ3n) is 3.24. The normalized spacial score (nSPS) is 10.4. The van der Waals surface area contributed by atoms with E-state index in [0.717, 1.165) is 5.39 Å². The summed E-state index contributed by atoms with van der Waals surface area (Å²) in [6, 6.07) is 12.0. The average molecular weight is 357 g/mol. The monoisotopic (exact) mass is 356 g/mol. The Kier molecular flexibility index (Phi) is 3.65. The Hall–Kier alpha value is -2.65. The van der Waals surface area contributed by atoms with Gasteiger partial charge in [0, 0.05) is 17.3 Å². The van der Waals surface area contributed by atoms with Gasteiger partial charge in [0.15, 0.2) is 0 Å². The fourth-order valence-electron chi connectivity index (χ4n) is 2.18. The minimum atomic E-state index is -0.352. The van der Waals surface area contributed by atoms with Gasteiger partial charge in [-0.3, -0.25) is 4.98 Å². The minimum Gasteiger partial charge on any atom is -0.397 e. The number of fused-ring (bicyclic) bond motifs is 1. The molecule has 1 heterocycles. The summed E-state index contributed by atoms with van der Waals surface area (Å²) in [6.07, 6.45) is 1.47. The molecule has 0 aliphatic rings. The van der Waals surface area contributed by atoms with Gasteiger partial charge in [0.25, 0.3) is 0 Å². The third-order valence-corrected chi connectivity index (χ3v) is 3.85. The molecule has 0 radical (unpaired) electrons. The van der Waals surface area contributed by atoms with Crippen LogP contribution in [-0.4, -0.2) is 4.98 Å². The molecular formula is C16H10BrFN4. The van der Waals surface area contributed by atoms with Crippen LogP contribution < -0.4 is 11.1 Å². The van der Waals surface area contributed by atoms with E-state index in [0.29, 0.717) is 32.6 Å². The SMILES string of the molecule is N#Cc1cnc2c(N)cccc2c1Nc1ccc(F)c(Br)c1. The van der Waals surface area contributed by atoms with Crippen LogP contribution in [0.5, 0.6) is 0 Å². The van der Waals surface area contributed by atoms with Gasteiger partial charge >= 0.3 is 0 Å². The van der Waals surface area contributed by atoms with Crippen molar-refractivity contribution in [2.45, 2.75) is 0 Å². The highest BCUT2D eigenvalue weighted by molar-refractivity contribution is 9.10. The summed E-state index contributed by atoms with van der Waals surface area (Å²) in [5.74, 6) is -0.352. The van der Waals surface area contributed by atoms with Crippen molar-refractivity contribution in [2.24, 2.45) is 0 Å². The van der Waals surface area contributed by atoms with Crippen molar-refractivity contribution in [2.75, 3.05) is 11.1 Å². The molecule has 0 saturated carbocycles. The molecule has 3 aromatic rings. The first-order valence-electron chi connectivity index (χ1n) is 6.39. The summed E-state index contributed by atoms with van der Waals surface area (Å²) in [4.78, 5) is 4.23. The fourth-order valence-corrected chi connectivity index (χ4v) is 2.56. The topological polar surface area (TPSA) is 74.7 Å². The Balaban J connectivity index is 2.18. The van der Waals surface area contributed by atoms with E-state index < -0.39 is 0 Å². The molecule has 4 nitrogen and oxygen atoms in total. The van der Waals surface area contributed by atoms with Crippen LogP contribution in [0, 0.1) is 17.1 Å². The van der Waals surface area contributed by atoms with Crippen molar-refractivity contribution in [3.63, 3.8) is 0 Å².